The second-order valence-corrected chi connectivity index (χ2v) is 8.39. The van der Waals surface area contributed by atoms with Gasteiger partial charge in [0.15, 0.2) is 0 Å². The quantitative estimate of drug-likeness (QED) is 0.682. The summed E-state index contributed by atoms with van der Waals surface area (Å²) in [6.07, 6.45) is 5.83. The van der Waals surface area contributed by atoms with E-state index in [1.54, 1.807) is 0 Å². The molecule has 1 unspecified atom stereocenters. The minimum atomic E-state index is -0.0736. The number of amides is 1. The molecular weight excluding hydrogens is 376 g/mol. The molecule has 1 amide bonds. The Morgan fingerprint density at radius 2 is 2.00 bits per heavy atom. The van der Waals surface area contributed by atoms with Gasteiger partial charge in [-0.2, -0.15) is 0 Å². The van der Waals surface area contributed by atoms with Crippen LogP contribution in [0, 0.1) is 6.92 Å². The molecule has 0 radical (unpaired) electrons. The van der Waals surface area contributed by atoms with Gasteiger partial charge in [0.1, 0.15) is 17.9 Å². The van der Waals surface area contributed by atoms with Crippen molar-refractivity contribution in [3.05, 3.63) is 63.8 Å². The van der Waals surface area contributed by atoms with Gasteiger partial charge in [0.2, 0.25) is 5.91 Å². The van der Waals surface area contributed by atoms with Crippen LogP contribution in [0.15, 0.2) is 41.2 Å². The molecule has 0 bridgehead atoms. The van der Waals surface area contributed by atoms with E-state index in [0.717, 1.165) is 50.0 Å². The predicted octanol–water partition coefficient (Wildman–Crippen LogP) is 3.37. The third-order valence-electron chi connectivity index (χ3n) is 5.99. The maximum absolute atomic E-state index is 13.2. The minimum Gasteiger partial charge on any atom is -0.352 e. The van der Waals surface area contributed by atoms with Crippen molar-refractivity contribution >= 4 is 16.9 Å². The van der Waals surface area contributed by atoms with E-state index in [9.17, 15) is 9.59 Å². The van der Waals surface area contributed by atoms with Crippen molar-refractivity contribution in [3.63, 3.8) is 0 Å². The lowest BCUT2D eigenvalue weighted by Gasteiger charge is -2.16. The van der Waals surface area contributed by atoms with Gasteiger partial charge in [0, 0.05) is 24.7 Å². The molecule has 3 heterocycles. The smallest absolute Gasteiger partial charge is 0.278 e. The van der Waals surface area contributed by atoms with Crippen LogP contribution in [0.25, 0.3) is 11.0 Å². The zero-order chi connectivity index (χ0) is 21.1. The lowest BCUT2D eigenvalue weighted by Crippen LogP contribution is -2.36. The standard InChI is InChI=1S/C24H30N4O2/c1-17(12-13-19-9-5-3-6-10-19)25-22(29)16-28-18(2)15-20-23(28)24(30)27-14-8-4-7-11-21(27)26-20/h3,5-6,9-10,15,17H,4,7-8,11-14,16H2,1-2H3,(H,25,29). The Hall–Kier alpha value is -2.89. The fourth-order valence-corrected chi connectivity index (χ4v) is 4.33. The van der Waals surface area contributed by atoms with E-state index in [2.05, 4.69) is 17.4 Å². The van der Waals surface area contributed by atoms with E-state index in [-0.39, 0.29) is 24.1 Å². The van der Waals surface area contributed by atoms with Gasteiger partial charge in [-0.15, -0.1) is 0 Å². The highest BCUT2D eigenvalue weighted by atomic mass is 16.2. The largest absolute Gasteiger partial charge is 0.352 e. The zero-order valence-electron chi connectivity index (χ0n) is 17.9. The SMILES string of the molecule is Cc1cc2nc3n(c(=O)c2n1CC(=O)NC(C)CCc1ccccc1)CCCCC3. The Morgan fingerprint density at radius 1 is 1.20 bits per heavy atom. The summed E-state index contributed by atoms with van der Waals surface area (Å²) < 4.78 is 3.63. The van der Waals surface area contributed by atoms with Crippen molar-refractivity contribution in [2.75, 3.05) is 0 Å². The number of carbonyl (C=O) groups excluding carboxylic acids is 1. The summed E-state index contributed by atoms with van der Waals surface area (Å²) in [5.74, 6) is 0.802. The van der Waals surface area contributed by atoms with Gasteiger partial charge in [0.25, 0.3) is 5.56 Å². The number of carbonyl (C=O) groups is 1. The average molecular weight is 407 g/mol. The highest BCUT2D eigenvalue weighted by molar-refractivity contribution is 5.81. The van der Waals surface area contributed by atoms with Crippen molar-refractivity contribution in [2.24, 2.45) is 0 Å². The van der Waals surface area contributed by atoms with Crippen LogP contribution in [0.5, 0.6) is 0 Å². The Kier molecular flexibility index (Phi) is 6.02. The number of rotatable bonds is 6. The number of hydrogen-bond donors (Lipinski definition) is 1. The van der Waals surface area contributed by atoms with Crippen LogP contribution in [-0.4, -0.2) is 26.1 Å². The maximum Gasteiger partial charge on any atom is 0.278 e. The number of fused-ring (bicyclic) bond motifs is 2. The topological polar surface area (TPSA) is 68.9 Å². The summed E-state index contributed by atoms with van der Waals surface area (Å²) in [5.41, 5.74) is 3.39. The van der Waals surface area contributed by atoms with E-state index >= 15 is 0 Å². The van der Waals surface area contributed by atoms with Crippen LogP contribution in [0.2, 0.25) is 0 Å². The normalized spacial score (nSPS) is 14.9. The maximum atomic E-state index is 13.2. The summed E-state index contributed by atoms with van der Waals surface area (Å²) in [4.78, 5) is 30.7. The summed E-state index contributed by atoms with van der Waals surface area (Å²) >= 11 is 0. The van der Waals surface area contributed by atoms with Gasteiger partial charge in [-0.25, -0.2) is 4.98 Å². The van der Waals surface area contributed by atoms with Crippen LogP contribution in [0.3, 0.4) is 0 Å². The molecule has 1 atom stereocenters. The first kappa shape index (κ1) is 20.4. The van der Waals surface area contributed by atoms with Gasteiger partial charge in [0.05, 0.1) is 5.52 Å². The monoisotopic (exact) mass is 406 g/mol. The molecule has 0 aliphatic carbocycles. The molecule has 1 aliphatic heterocycles. The van der Waals surface area contributed by atoms with Gasteiger partial charge in [-0.05, 0) is 51.2 Å². The van der Waals surface area contributed by atoms with E-state index in [1.165, 1.54) is 5.56 Å². The number of nitrogens with zero attached hydrogens (tertiary/aromatic N) is 3. The van der Waals surface area contributed by atoms with Crippen molar-refractivity contribution in [1.82, 2.24) is 19.4 Å². The molecule has 0 saturated heterocycles. The first-order valence-electron chi connectivity index (χ1n) is 11.0. The summed E-state index contributed by atoms with van der Waals surface area (Å²) in [6.45, 7) is 4.81. The lowest BCUT2D eigenvalue weighted by molar-refractivity contribution is -0.122. The van der Waals surface area contributed by atoms with Gasteiger partial charge >= 0.3 is 0 Å². The number of hydrogen-bond acceptors (Lipinski definition) is 3. The second-order valence-electron chi connectivity index (χ2n) is 8.39. The predicted molar refractivity (Wildman–Crippen MR) is 119 cm³/mol. The molecule has 2 aromatic heterocycles. The molecule has 0 fully saturated rings. The van der Waals surface area contributed by atoms with Crippen LogP contribution < -0.4 is 10.9 Å². The molecule has 3 aromatic rings. The third-order valence-corrected chi connectivity index (χ3v) is 5.99. The second kappa shape index (κ2) is 8.86. The van der Waals surface area contributed by atoms with Crippen LogP contribution in [-0.2, 0) is 30.7 Å². The number of benzene rings is 1. The van der Waals surface area contributed by atoms with E-state index in [4.69, 9.17) is 4.98 Å². The number of nitrogens with one attached hydrogen (secondary N) is 1. The highest BCUT2D eigenvalue weighted by Gasteiger charge is 2.19. The van der Waals surface area contributed by atoms with Crippen molar-refractivity contribution < 1.29 is 4.79 Å². The molecule has 4 rings (SSSR count). The molecule has 0 saturated carbocycles. The number of aryl methyl sites for hydroxylation is 3. The van der Waals surface area contributed by atoms with Gasteiger partial charge in [-0.3, -0.25) is 14.2 Å². The molecule has 1 N–H and O–H groups in total. The fourth-order valence-electron chi connectivity index (χ4n) is 4.33. The molecule has 158 valence electrons. The Labute approximate surface area is 176 Å². The Morgan fingerprint density at radius 3 is 2.80 bits per heavy atom. The molecule has 1 aliphatic rings. The zero-order valence-corrected chi connectivity index (χ0v) is 17.9. The molecule has 6 nitrogen and oxygen atoms in total. The minimum absolute atomic E-state index is 0.0186. The van der Waals surface area contributed by atoms with Crippen LogP contribution in [0.4, 0.5) is 0 Å². The summed E-state index contributed by atoms with van der Waals surface area (Å²) in [6, 6.07) is 12.3. The van der Waals surface area contributed by atoms with E-state index in [0.29, 0.717) is 17.6 Å². The molecular formula is C24H30N4O2. The van der Waals surface area contributed by atoms with E-state index in [1.807, 2.05) is 47.2 Å². The Balaban J connectivity index is 1.49. The highest BCUT2D eigenvalue weighted by Crippen LogP contribution is 2.18. The average Bonchev–Trinajstić information content (AvgIpc) is 2.89. The molecule has 6 heteroatoms. The van der Waals surface area contributed by atoms with Crippen molar-refractivity contribution in [2.45, 2.75) is 71.5 Å². The lowest BCUT2D eigenvalue weighted by atomic mass is 10.1. The van der Waals surface area contributed by atoms with Gasteiger partial charge in [-0.1, -0.05) is 36.8 Å². The van der Waals surface area contributed by atoms with Crippen LogP contribution >= 0.6 is 0 Å². The first-order chi connectivity index (χ1) is 14.5. The first-order valence-corrected chi connectivity index (χ1v) is 11.0. The third kappa shape index (κ3) is 4.32. The fraction of sp³-hybridized carbons (Fsp3) is 0.458. The molecule has 1 aromatic carbocycles. The Bertz CT molecular complexity index is 1100. The van der Waals surface area contributed by atoms with E-state index < -0.39 is 0 Å². The van der Waals surface area contributed by atoms with Crippen LogP contribution in [0.1, 0.15) is 49.7 Å². The van der Waals surface area contributed by atoms with Gasteiger partial charge < -0.3 is 9.88 Å². The molecule has 0 spiro atoms. The molecule has 30 heavy (non-hydrogen) atoms. The summed E-state index contributed by atoms with van der Waals surface area (Å²) in [7, 11) is 0. The summed E-state index contributed by atoms with van der Waals surface area (Å²) in [5, 5.41) is 3.08. The van der Waals surface area contributed by atoms with Crippen molar-refractivity contribution in [3.8, 4) is 0 Å². The van der Waals surface area contributed by atoms with Crippen molar-refractivity contribution in [1.29, 1.82) is 0 Å². The number of aromatic nitrogens is 3.